The molecule has 2 aromatic carbocycles. The number of rotatable bonds is 5. The second-order valence-corrected chi connectivity index (χ2v) is 8.53. The van der Waals surface area contributed by atoms with Gasteiger partial charge >= 0.3 is 6.03 Å². The summed E-state index contributed by atoms with van der Waals surface area (Å²) in [6.45, 7) is 2.65. The normalized spacial score (nSPS) is 18.0. The van der Waals surface area contributed by atoms with Crippen LogP contribution in [0.25, 0.3) is 0 Å². The van der Waals surface area contributed by atoms with Gasteiger partial charge in [-0.25, -0.2) is 17.5 Å². The van der Waals surface area contributed by atoms with Gasteiger partial charge in [-0.05, 0) is 24.6 Å². The van der Waals surface area contributed by atoms with Crippen LogP contribution in [-0.4, -0.2) is 41.6 Å². The fraction of sp³-hybridized carbons (Fsp3) is 0.278. The van der Waals surface area contributed by atoms with Crippen LogP contribution in [0.2, 0.25) is 0 Å². The van der Waals surface area contributed by atoms with E-state index in [0.717, 1.165) is 15.4 Å². The standard InChI is InChI=1S/C18H19BrN2O3S/c1-14-7-9-17(10-8-14)25(23,24)21-16(11-19)13-20(18(21)22)12-15-5-3-2-4-6-15/h2-10,16H,11-13H2,1H3. The summed E-state index contributed by atoms with van der Waals surface area (Å²) in [6, 6.07) is 15.2. The predicted molar refractivity (Wildman–Crippen MR) is 100 cm³/mol. The van der Waals surface area contributed by atoms with E-state index in [1.54, 1.807) is 29.2 Å². The highest BCUT2D eigenvalue weighted by Crippen LogP contribution is 2.27. The second-order valence-electron chi connectivity index (χ2n) is 6.07. The van der Waals surface area contributed by atoms with Crippen molar-refractivity contribution in [1.82, 2.24) is 9.21 Å². The zero-order chi connectivity index (χ0) is 18.0. The molecule has 0 radical (unpaired) electrons. The molecule has 7 heteroatoms. The Labute approximate surface area is 156 Å². The Bertz CT molecular complexity index is 854. The molecule has 0 aromatic heterocycles. The van der Waals surface area contributed by atoms with E-state index in [2.05, 4.69) is 15.9 Å². The van der Waals surface area contributed by atoms with Crippen LogP contribution in [-0.2, 0) is 16.6 Å². The Balaban J connectivity index is 1.89. The summed E-state index contributed by atoms with van der Waals surface area (Å²) in [5, 5.41) is 0.398. The molecule has 1 unspecified atom stereocenters. The lowest BCUT2D eigenvalue weighted by Gasteiger charge is -2.21. The van der Waals surface area contributed by atoms with Crippen molar-refractivity contribution in [3.8, 4) is 0 Å². The minimum Gasteiger partial charge on any atom is -0.317 e. The van der Waals surface area contributed by atoms with Crippen molar-refractivity contribution in [3.63, 3.8) is 0 Å². The topological polar surface area (TPSA) is 57.7 Å². The maximum Gasteiger partial charge on any atom is 0.334 e. The highest BCUT2D eigenvalue weighted by molar-refractivity contribution is 9.09. The number of sulfonamides is 1. The minimum atomic E-state index is -3.88. The number of carbonyl (C=O) groups excluding carboxylic acids is 1. The van der Waals surface area contributed by atoms with Crippen LogP contribution in [0.5, 0.6) is 0 Å². The van der Waals surface area contributed by atoms with Gasteiger partial charge in [0.05, 0.1) is 10.9 Å². The molecule has 2 aromatic rings. The molecule has 1 aliphatic heterocycles. The van der Waals surface area contributed by atoms with E-state index in [1.807, 2.05) is 37.3 Å². The Hall–Kier alpha value is -1.86. The molecule has 3 rings (SSSR count). The molecule has 1 saturated heterocycles. The number of halogens is 1. The molecule has 1 aliphatic rings. The largest absolute Gasteiger partial charge is 0.334 e. The third-order valence-electron chi connectivity index (χ3n) is 4.19. The van der Waals surface area contributed by atoms with Gasteiger partial charge in [-0.15, -0.1) is 0 Å². The first-order chi connectivity index (χ1) is 11.9. The summed E-state index contributed by atoms with van der Waals surface area (Å²) in [4.78, 5) is 14.5. The predicted octanol–water partition coefficient (Wildman–Crippen LogP) is 3.39. The van der Waals surface area contributed by atoms with Gasteiger partial charge in [-0.2, -0.15) is 0 Å². The molecule has 0 bridgehead atoms. The highest BCUT2D eigenvalue weighted by Gasteiger charge is 2.44. The Morgan fingerprint density at radius 3 is 2.32 bits per heavy atom. The lowest BCUT2D eigenvalue weighted by molar-refractivity contribution is 0.204. The van der Waals surface area contributed by atoms with E-state index in [1.165, 1.54) is 0 Å². The molecule has 1 heterocycles. The van der Waals surface area contributed by atoms with Crippen molar-refractivity contribution in [2.75, 3.05) is 11.9 Å². The fourth-order valence-corrected chi connectivity index (χ4v) is 5.12. The first-order valence-electron chi connectivity index (χ1n) is 7.93. The zero-order valence-electron chi connectivity index (χ0n) is 13.8. The number of alkyl halides is 1. The van der Waals surface area contributed by atoms with Crippen molar-refractivity contribution >= 4 is 32.0 Å². The molecule has 2 amide bonds. The molecule has 5 nitrogen and oxygen atoms in total. The molecular weight excluding hydrogens is 404 g/mol. The summed E-state index contributed by atoms with van der Waals surface area (Å²) in [7, 11) is -3.88. The fourth-order valence-electron chi connectivity index (χ4n) is 2.87. The van der Waals surface area contributed by atoms with Gasteiger partial charge in [0.2, 0.25) is 0 Å². The number of hydrogen-bond acceptors (Lipinski definition) is 3. The van der Waals surface area contributed by atoms with Gasteiger partial charge in [0.1, 0.15) is 0 Å². The lowest BCUT2D eigenvalue weighted by Crippen LogP contribution is -2.40. The Kier molecular flexibility index (Phi) is 5.15. The van der Waals surface area contributed by atoms with Crippen LogP contribution in [0, 0.1) is 6.92 Å². The number of benzene rings is 2. The average molecular weight is 423 g/mol. The Morgan fingerprint density at radius 2 is 1.72 bits per heavy atom. The summed E-state index contributed by atoms with van der Waals surface area (Å²) >= 11 is 3.35. The molecule has 0 spiro atoms. The summed E-state index contributed by atoms with van der Waals surface area (Å²) in [5.41, 5.74) is 1.94. The second kappa shape index (κ2) is 7.17. The van der Waals surface area contributed by atoms with Crippen LogP contribution in [0.4, 0.5) is 4.79 Å². The maximum atomic E-state index is 13.0. The van der Waals surface area contributed by atoms with Gasteiger partial charge in [-0.1, -0.05) is 64.0 Å². The number of nitrogens with zero attached hydrogens (tertiary/aromatic N) is 2. The van der Waals surface area contributed by atoms with Crippen LogP contribution >= 0.6 is 15.9 Å². The van der Waals surface area contributed by atoms with Gasteiger partial charge in [0, 0.05) is 18.4 Å². The van der Waals surface area contributed by atoms with Crippen LogP contribution in [0.1, 0.15) is 11.1 Å². The van der Waals surface area contributed by atoms with Crippen LogP contribution < -0.4 is 0 Å². The molecule has 1 fully saturated rings. The van der Waals surface area contributed by atoms with E-state index >= 15 is 0 Å². The number of carbonyl (C=O) groups is 1. The maximum absolute atomic E-state index is 13.0. The molecule has 1 atom stereocenters. The van der Waals surface area contributed by atoms with Gasteiger partial charge in [-0.3, -0.25) is 0 Å². The monoisotopic (exact) mass is 422 g/mol. The van der Waals surface area contributed by atoms with Crippen LogP contribution in [0.15, 0.2) is 59.5 Å². The highest BCUT2D eigenvalue weighted by atomic mass is 79.9. The molecule has 0 saturated carbocycles. The number of aryl methyl sites for hydroxylation is 1. The van der Waals surface area contributed by atoms with Crippen molar-refractivity contribution in [1.29, 1.82) is 0 Å². The number of hydrogen-bond donors (Lipinski definition) is 0. The van der Waals surface area contributed by atoms with E-state index in [-0.39, 0.29) is 4.90 Å². The quantitative estimate of drug-likeness (QED) is 0.693. The number of urea groups is 1. The molecule has 132 valence electrons. The number of amides is 2. The van der Waals surface area contributed by atoms with E-state index in [0.29, 0.717) is 18.4 Å². The lowest BCUT2D eigenvalue weighted by atomic mass is 10.2. The third-order valence-corrected chi connectivity index (χ3v) is 6.78. The average Bonchev–Trinajstić information content (AvgIpc) is 2.92. The van der Waals surface area contributed by atoms with E-state index in [4.69, 9.17) is 0 Å². The SMILES string of the molecule is Cc1ccc(S(=O)(=O)N2C(=O)N(Cc3ccccc3)CC2CBr)cc1. The van der Waals surface area contributed by atoms with Crippen molar-refractivity contribution in [2.45, 2.75) is 24.4 Å². The summed E-state index contributed by atoms with van der Waals surface area (Å²) in [6.07, 6.45) is 0. The van der Waals surface area contributed by atoms with E-state index < -0.39 is 22.1 Å². The molecule has 0 aliphatic carbocycles. The molecular formula is C18H19BrN2O3S. The first-order valence-corrected chi connectivity index (χ1v) is 10.5. The minimum absolute atomic E-state index is 0.138. The molecule has 0 N–H and O–H groups in total. The van der Waals surface area contributed by atoms with Crippen LogP contribution in [0.3, 0.4) is 0 Å². The van der Waals surface area contributed by atoms with E-state index in [9.17, 15) is 13.2 Å². The van der Waals surface area contributed by atoms with Gasteiger partial charge in [0.25, 0.3) is 10.0 Å². The summed E-state index contributed by atoms with van der Waals surface area (Å²) < 4.78 is 27.0. The van der Waals surface area contributed by atoms with Crippen molar-refractivity contribution < 1.29 is 13.2 Å². The first kappa shape index (κ1) is 17.9. The van der Waals surface area contributed by atoms with Crippen molar-refractivity contribution in [2.24, 2.45) is 0 Å². The van der Waals surface area contributed by atoms with Gasteiger partial charge < -0.3 is 4.90 Å². The van der Waals surface area contributed by atoms with Gasteiger partial charge in [0.15, 0.2) is 0 Å². The summed E-state index contributed by atoms with van der Waals surface area (Å²) in [5.74, 6) is 0. The van der Waals surface area contributed by atoms with Crippen molar-refractivity contribution in [3.05, 3.63) is 65.7 Å². The zero-order valence-corrected chi connectivity index (χ0v) is 16.2. The molecule has 25 heavy (non-hydrogen) atoms. The Morgan fingerprint density at radius 1 is 1.08 bits per heavy atom. The third kappa shape index (κ3) is 3.57. The smallest absolute Gasteiger partial charge is 0.317 e.